The molecule has 6 nitrogen and oxygen atoms in total. The van der Waals surface area contributed by atoms with E-state index >= 15 is 0 Å². The number of hydrogen-bond acceptors (Lipinski definition) is 4. The highest BCUT2D eigenvalue weighted by molar-refractivity contribution is 5.75. The maximum atomic E-state index is 11.8. The lowest BCUT2D eigenvalue weighted by atomic mass is 10.2. The fourth-order valence-corrected chi connectivity index (χ4v) is 1.66. The van der Waals surface area contributed by atoms with Gasteiger partial charge in [-0.3, -0.25) is 4.90 Å². The van der Waals surface area contributed by atoms with E-state index in [0.29, 0.717) is 19.5 Å². The van der Waals surface area contributed by atoms with Crippen LogP contribution in [0.2, 0.25) is 0 Å². The summed E-state index contributed by atoms with van der Waals surface area (Å²) in [5, 5.41) is 0. The summed E-state index contributed by atoms with van der Waals surface area (Å²) in [6.07, 6.45) is -0.881. The third kappa shape index (κ3) is 3.51. The van der Waals surface area contributed by atoms with Crippen LogP contribution in [-0.2, 0) is 9.47 Å². The average molecular weight is 244 g/mol. The molecule has 0 aromatic heterocycles. The zero-order chi connectivity index (χ0) is 13.0. The molecule has 1 heterocycles. The summed E-state index contributed by atoms with van der Waals surface area (Å²) in [5.74, 6) is 0. The number of ether oxygens (including phenoxy) is 2. The minimum Gasteiger partial charge on any atom is -0.432 e. The van der Waals surface area contributed by atoms with Gasteiger partial charge in [0.25, 0.3) is 0 Å². The number of urea groups is 1. The van der Waals surface area contributed by atoms with Crippen molar-refractivity contribution >= 4 is 12.2 Å². The SMILES string of the molecule is CCN1CCC(OC(=O)OC(C)C)N(C)C1=O. The Kier molecular flexibility index (Phi) is 4.60. The van der Waals surface area contributed by atoms with E-state index in [1.807, 2.05) is 6.92 Å². The molecule has 0 bridgehead atoms. The van der Waals surface area contributed by atoms with Crippen LogP contribution in [0.4, 0.5) is 9.59 Å². The van der Waals surface area contributed by atoms with Crippen molar-refractivity contribution in [2.75, 3.05) is 20.1 Å². The molecule has 1 aliphatic heterocycles. The Bertz CT molecular complexity index is 293. The van der Waals surface area contributed by atoms with Gasteiger partial charge < -0.3 is 14.4 Å². The Morgan fingerprint density at radius 2 is 2.18 bits per heavy atom. The Morgan fingerprint density at radius 3 is 2.71 bits per heavy atom. The monoisotopic (exact) mass is 244 g/mol. The van der Waals surface area contributed by atoms with Crippen molar-refractivity contribution in [3.63, 3.8) is 0 Å². The van der Waals surface area contributed by atoms with Gasteiger partial charge in [-0.1, -0.05) is 0 Å². The molecule has 0 saturated carbocycles. The topological polar surface area (TPSA) is 59.1 Å². The number of carbonyl (C=O) groups excluding carboxylic acids is 2. The summed E-state index contributed by atoms with van der Waals surface area (Å²) in [5.41, 5.74) is 0. The molecule has 17 heavy (non-hydrogen) atoms. The van der Waals surface area contributed by atoms with Crippen molar-refractivity contribution in [3.05, 3.63) is 0 Å². The normalized spacial score (nSPS) is 20.8. The molecule has 1 fully saturated rings. The maximum absolute atomic E-state index is 11.8. The number of nitrogens with zero attached hydrogens (tertiary/aromatic N) is 2. The standard InChI is InChI=1S/C11H20N2O4/c1-5-13-7-6-9(12(4)10(13)14)17-11(15)16-8(2)3/h8-9H,5-7H2,1-4H3. The van der Waals surface area contributed by atoms with Gasteiger partial charge in [0.2, 0.25) is 0 Å². The van der Waals surface area contributed by atoms with E-state index in [0.717, 1.165) is 0 Å². The van der Waals surface area contributed by atoms with E-state index in [1.165, 1.54) is 4.90 Å². The highest BCUT2D eigenvalue weighted by Gasteiger charge is 2.32. The number of carbonyl (C=O) groups is 2. The number of rotatable bonds is 3. The fourth-order valence-electron chi connectivity index (χ4n) is 1.66. The maximum Gasteiger partial charge on any atom is 0.510 e. The highest BCUT2D eigenvalue weighted by Crippen LogP contribution is 2.16. The van der Waals surface area contributed by atoms with Crippen molar-refractivity contribution in [1.82, 2.24) is 9.80 Å². The third-order valence-electron chi connectivity index (χ3n) is 2.60. The van der Waals surface area contributed by atoms with Crippen LogP contribution in [0.15, 0.2) is 0 Å². The minimum absolute atomic E-state index is 0.124. The quantitative estimate of drug-likeness (QED) is 0.708. The van der Waals surface area contributed by atoms with Crippen LogP contribution in [0.1, 0.15) is 27.2 Å². The van der Waals surface area contributed by atoms with Gasteiger partial charge in [0.15, 0.2) is 6.23 Å². The smallest absolute Gasteiger partial charge is 0.432 e. The molecule has 1 rings (SSSR count). The van der Waals surface area contributed by atoms with Crippen LogP contribution in [0.5, 0.6) is 0 Å². The summed E-state index contributed by atoms with van der Waals surface area (Å²) >= 11 is 0. The summed E-state index contributed by atoms with van der Waals surface area (Å²) in [7, 11) is 1.62. The van der Waals surface area contributed by atoms with Gasteiger partial charge in [0, 0.05) is 26.6 Å². The van der Waals surface area contributed by atoms with Gasteiger partial charge in [-0.2, -0.15) is 0 Å². The molecule has 1 unspecified atom stereocenters. The summed E-state index contributed by atoms with van der Waals surface area (Å²) < 4.78 is 9.97. The first-order valence-corrected chi connectivity index (χ1v) is 5.84. The van der Waals surface area contributed by atoms with E-state index in [9.17, 15) is 9.59 Å². The molecule has 0 aliphatic carbocycles. The Hall–Kier alpha value is -1.46. The summed E-state index contributed by atoms with van der Waals surface area (Å²) in [6, 6.07) is -0.124. The molecule has 0 N–H and O–H groups in total. The lowest BCUT2D eigenvalue weighted by Crippen LogP contribution is -2.53. The van der Waals surface area contributed by atoms with E-state index in [4.69, 9.17) is 9.47 Å². The molecular formula is C11H20N2O4. The van der Waals surface area contributed by atoms with Crippen LogP contribution in [0.25, 0.3) is 0 Å². The Labute approximate surface area is 101 Å². The average Bonchev–Trinajstić information content (AvgIpc) is 2.24. The van der Waals surface area contributed by atoms with E-state index in [1.54, 1.807) is 25.8 Å². The van der Waals surface area contributed by atoms with Crippen molar-refractivity contribution < 1.29 is 19.1 Å². The molecule has 1 atom stereocenters. The van der Waals surface area contributed by atoms with Crippen LogP contribution in [-0.4, -0.2) is 54.5 Å². The van der Waals surface area contributed by atoms with E-state index in [-0.39, 0.29) is 12.1 Å². The van der Waals surface area contributed by atoms with E-state index in [2.05, 4.69) is 0 Å². The van der Waals surface area contributed by atoms with Crippen molar-refractivity contribution in [2.45, 2.75) is 39.5 Å². The molecule has 98 valence electrons. The summed E-state index contributed by atoms with van der Waals surface area (Å²) in [4.78, 5) is 26.2. The largest absolute Gasteiger partial charge is 0.510 e. The second kappa shape index (κ2) is 5.75. The molecule has 1 aliphatic rings. The zero-order valence-corrected chi connectivity index (χ0v) is 10.8. The van der Waals surface area contributed by atoms with Crippen molar-refractivity contribution in [1.29, 1.82) is 0 Å². The highest BCUT2D eigenvalue weighted by atomic mass is 16.7. The molecule has 0 aromatic rings. The number of hydrogen-bond donors (Lipinski definition) is 0. The lowest BCUT2D eigenvalue weighted by Gasteiger charge is -2.37. The van der Waals surface area contributed by atoms with E-state index < -0.39 is 12.4 Å². The first-order valence-electron chi connectivity index (χ1n) is 5.84. The van der Waals surface area contributed by atoms with Crippen molar-refractivity contribution in [3.8, 4) is 0 Å². The lowest BCUT2D eigenvalue weighted by molar-refractivity contribution is -0.0541. The molecule has 0 spiro atoms. The first kappa shape index (κ1) is 13.6. The number of amides is 2. The fraction of sp³-hybridized carbons (Fsp3) is 0.818. The molecule has 1 saturated heterocycles. The molecule has 6 heteroatoms. The van der Waals surface area contributed by atoms with Crippen LogP contribution in [0, 0.1) is 0 Å². The van der Waals surface area contributed by atoms with Gasteiger partial charge in [-0.05, 0) is 20.8 Å². The van der Waals surface area contributed by atoms with Gasteiger partial charge in [0.05, 0.1) is 6.10 Å². The van der Waals surface area contributed by atoms with Crippen molar-refractivity contribution in [2.24, 2.45) is 0 Å². The third-order valence-corrected chi connectivity index (χ3v) is 2.60. The molecule has 0 aromatic carbocycles. The predicted molar refractivity (Wildman–Crippen MR) is 61.5 cm³/mol. The zero-order valence-electron chi connectivity index (χ0n) is 10.8. The molecule has 2 amide bonds. The van der Waals surface area contributed by atoms with Gasteiger partial charge in [-0.15, -0.1) is 0 Å². The second-order valence-corrected chi connectivity index (χ2v) is 4.25. The van der Waals surface area contributed by atoms with Gasteiger partial charge in [-0.25, -0.2) is 9.59 Å². The molecular weight excluding hydrogens is 224 g/mol. The van der Waals surface area contributed by atoms with Crippen LogP contribution in [0.3, 0.4) is 0 Å². The van der Waals surface area contributed by atoms with Gasteiger partial charge in [0.1, 0.15) is 0 Å². The van der Waals surface area contributed by atoms with Gasteiger partial charge >= 0.3 is 12.2 Å². The predicted octanol–water partition coefficient (Wildman–Crippen LogP) is 1.65. The molecule has 0 radical (unpaired) electrons. The Morgan fingerprint density at radius 1 is 1.53 bits per heavy atom. The summed E-state index contributed by atoms with van der Waals surface area (Å²) in [6.45, 7) is 6.66. The van der Waals surface area contributed by atoms with Crippen LogP contribution < -0.4 is 0 Å². The second-order valence-electron chi connectivity index (χ2n) is 4.25. The Balaban J connectivity index is 2.51. The minimum atomic E-state index is -0.727. The van der Waals surface area contributed by atoms with Crippen LogP contribution >= 0.6 is 0 Å². The first-order chi connectivity index (χ1) is 7.95.